The predicted octanol–water partition coefficient (Wildman–Crippen LogP) is 2.30. The number of nitrogens with zero attached hydrogens (tertiary/aromatic N) is 1. The Morgan fingerprint density at radius 1 is 1.30 bits per heavy atom. The Morgan fingerprint density at radius 2 is 2.17 bits per heavy atom. The number of ether oxygens (including phenoxy) is 3. The summed E-state index contributed by atoms with van der Waals surface area (Å²) in [5.74, 6) is 1.83. The lowest BCUT2D eigenvalue weighted by Crippen LogP contribution is -2.61. The molecule has 0 radical (unpaired) electrons. The smallest absolute Gasteiger partial charge is 0.166 e. The lowest BCUT2D eigenvalue weighted by Gasteiger charge is -2.54. The van der Waals surface area contributed by atoms with Crippen LogP contribution in [0.25, 0.3) is 0 Å². The average molecular weight is 313 g/mol. The number of hydrogen-bond acceptors (Lipinski definition) is 4. The molecule has 2 aliphatic carbocycles. The topological polar surface area (TPSA) is 30.9 Å². The number of likely N-dealkylation sites (tertiary alicyclic amines) is 1. The summed E-state index contributed by atoms with van der Waals surface area (Å²) in [7, 11) is 5.78. The predicted molar refractivity (Wildman–Crippen MR) is 87.3 cm³/mol. The second-order valence-electron chi connectivity index (χ2n) is 7.26. The molecule has 2 heterocycles. The molecule has 23 heavy (non-hydrogen) atoms. The molecule has 0 unspecified atom stereocenters. The van der Waals surface area contributed by atoms with Crippen molar-refractivity contribution >= 4 is 0 Å². The maximum atomic E-state index is 6.53. The number of benzene rings is 1. The number of methoxy groups -OCH3 is 2. The molecule has 1 aromatic carbocycles. The summed E-state index contributed by atoms with van der Waals surface area (Å²) in [6.07, 6.45) is 5.74. The highest BCUT2D eigenvalue weighted by Crippen LogP contribution is 2.62. The van der Waals surface area contributed by atoms with Crippen LogP contribution in [-0.2, 0) is 16.6 Å². The van der Waals surface area contributed by atoms with Crippen LogP contribution in [0.5, 0.6) is 11.5 Å². The van der Waals surface area contributed by atoms with E-state index in [2.05, 4.69) is 30.2 Å². The van der Waals surface area contributed by atoms with Gasteiger partial charge in [-0.3, -0.25) is 4.90 Å². The highest BCUT2D eigenvalue weighted by molar-refractivity contribution is 5.66. The highest BCUT2D eigenvalue weighted by atomic mass is 16.6. The zero-order valence-corrected chi connectivity index (χ0v) is 14.0. The third-order valence-corrected chi connectivity index (χ3v) is 6.49. The van der Waals surface area contributed by atoms with Crippen molar-refractivity contribution in [3.05, 3.63) is 34.9 Å². The van der Waals surface area contributed by atoms with Crippen LogP contribution < -0.4 is 9.47 Å². The van der Waals surface area contributed by atoms with E-state index in [1.54, 1.807) is 19.8 Å². The molecular weight excluding hydrogens is 290 g/mol. The molecule has 0 N–H and O–H groups in total. The summed E-state index contributed by atoms with van der Waals surface area (Å²) in [5.41, 5.74) is 4.37. The second kappa shape index (κ2) is 4.52. The van der Waals surface area contributed by atoms with Gasteiger partial charge in [-0.2, -0.15) is 0 Å². The van der Waals surface area contributed by atoms with Gasteiger partial charge in [0, 0.05) is 18.7 Å². The van der Waals surface area contributed by atoms with Crippen LogP contribution >= 0.6 is 0 Å². The molecule has 1 saturated heterocycles. The molecule has 1 fully saturated rings. The Kier molecular flexibility index (Phi) is 2.73. The van der Waals surface area contributed by atoms with E-state index < -0.39 is 0 Å². The van der Waals surface area contributed by atoms with E-state index in [4.69, 9.17) is 14.2 Å². The van der Waals surface area contributed by atoms with Crippen LogP contribution in [0.3, 0.4) is 0 Å². The molecule has 0 amide bonds. The summed E-state index contributed by atoms with van der Waals surface area (Å²) < 4.78 is 17.9. The fraction of sp³-hybridized carbons (Fsp3) is 0.579. The van der Waals surface area contributed by atoms with Crippen molar-refractivity contribution in [2.45, 2.75) is 42.9 Å². The molecular formula is C19H23NO3. The highest BCUT2D eigenvalue weighted by Gasteiger charge is 2.62. The van der Waals surface area contributed by atoms with E-state index in [1.807, 2.05) is 0 Å². The third-order valence-electron chi connectivity index (χ3n) is 6.49. The number of hydrogen-bond donors (Lipinski definition) is 0. The number of piperidine rings is 1. The first-order valence-electron chi connectivity index (χ1n) is 8.51. The molecule has 2 aliphatic heterocycles. The molecule has 1 spiro atoms. The van der Waals surface area contributed by atoms with E-state index in [-0.39, 0.29) is 17.6 Å². The van der Waals surface area contributed by atoms with Crippen LogP contribution in [0.2, 0.25) is 0 Å². The maximum absolute atomic E-state index is 6.53. The summed E-state index contributed by atoms with van der Waals surface area (Å²) in [6, 6.07) is 4.80. The van der Waals surface area contributed by atoms with E-state index in [9.17, 15) is 0 Å². The standard InChI is InChI=1S/C19H23NO3/c1-20-9-8-19-12-5-7-15(22-3)18(19)23-17-14(21-2)6-4-11(16(17)19)10-13(12)20/h4-6,13,15,18H,7-10H2,1-3H3/t13-,15+,18+,19+/m1/s1. The molecule has 4 heteroatoms. The molecule has 122 valence electrons. The SMILES string of the molecule is COc1ccc2c3c1O[C@H]1[C@@H](OC)CC=C4[C@@H](C2)N(C)CC[C@]431. The summed E-state index contributed by atoms with van der Waals surface area (Å²) in [5, 5.41) is 0. The van der Waals surface area contributed by atoms with Crippen LogP contribution in [0.4, 0.5) is 0 Å². The monoisotopic (exact) mass is 313 g/mol. The lowest BCUT2D eigenvalue weighted by atomic mass is 9.56. The quantitative estimate of drug-likeness (QED) is 0.784. The zero-order valence-electron chi connectivity index (χ0n) is 14.0. The lowest BCUT2D eigenvalue weighted by molar-refractivity contribution is -0.0357. The minimum Gasteiger partial charge on any atom is -0.493 e. The summed E-state index contributed by atoms with van der Waals surface area (Å²) >= 11 is 0. The molecule has 5 rings (SSSR count). The van der Waals surface area contributed by atoms with Gasteiger partial charge in [-0.25, -0.2) is 0 Å². The van der Waals surface area contributed by atoms with Gasteiger partial charge in [0.15, 0.2) is 11.5 Å². The van der Waals surface area contributed by atoms with Crippen molar-refractivity contribution in [1.82, 2.24) is 4.90 Å². The van der Waals surface area contributed by atoms with Gasteiger partial charge in [-0.15, -0.1) is 0 Å². The van der Waals surface area contributed by atoms with Gasteiger partial charge < -0.3 is 14.2 Å². The fourth-order valence-electron chi connectivity index (χ4n) is 5.45. The van der Waals surface area contributed by atoms with E-state index >= 15 is 0 Å². The first kappa shape index (κ1) is 13.9. The first-order valence-corrected chi connectivity index (χ1v) is 8.51. The molecule has 0 aromatic heterocycles. The molecule has 4 aliphatic rings. The Balaban J connectivity index is 1.81. The summed E-state index contributed by atoms with van der Waals surface area (Å²) in [6.45, 7) is 1.11. The van der Waals surface area contributed by atoms with Crippen molar-refractivity contribution < 1.29 is 14.2 Å². The second-order valence-corrected chi connectivity index (χ2v) is 7.26. The first-order chi connectivity index (χ1) is 11.2. The van der Waals surface area contributed by atoms with Crippen LogP contribution in [0, 0.1) is 0 Å². The van der Waals surface area contributed by atoms with Crippen molar-refractivity contribution in [3.8, 4) is 11.5 Å². The Morgan fingerprint density at radius 3 is 2.96 bits per heavy atom. The van der Waals surface area contributed by atoms with Gasteiger partial charge in [0.05, 0.1) is 18.6 Å². The minimum absolute atomic E-state index is 0.00639. The third kappa shape index (κ3) is 1.49. The van der Waals surface area contributed by atoms with Crippen molar-refractivity contribution in [2.24, 2.45) is 0 Å². The van der Waals surface area contributed by atoms with Gasteiger partial charge in [-0.1, -0.05) is 12.1 Å². The van der Waals surface area contributed by atoms with Crippen molar-refractivity contribution in [3.63, 3.8) is 0 Å². The Bertz CT molecular complexity index is 713. The van der Waals surface area contributed by atoms with Crippen molar-refractivity contribution in [2.75, 3.05) is 27.8 Å². The van der Waals surface area contributed by atoms with Gasteiger partial charge in [0.1, 0.15) is 6.10 Å². The van der Waals surface area contributed by atoms with Gasteiger partial charge in [0.2, 0.25) is 0 Å². The average Bonchev–Trinajstić information content (AvgIpc) is 2.92. The van der Waals surface area contributed by atoms with E-state index in [1.165, 1.54) is 11.1 Å². The summed E-state index contributed by atoms with van der Waals surface area (Å²) in [4.78, 5) is 2.51. The van der Waals surface area contributed by atoms with Crippen LogP contribution in [0.15, 0.2) is 23.8 Å². The molecule has 1 aromatic rings. The number of likely N-dealkylation sites (N-methyl/N-ethyl adjacent to an activating group) is 1. The molecule has 4 atom stereocenters. The molecule has 2 bridgehead atoms. The molecule has 0 saturated carbocycles. The van der Waals surface area contributed by atoms with E-state index in [0.29, 0.717) is 6.04 Å². The van der Waals surface area contributed by atoms with Crippen molar-refractivity contribution in [1.29, 1.82) is 0 Å². The van der Waals surface area contributed by atoms with Gasteiger partial charge in [0.25, 0.3) is 0 Å². The van der Waals surface area contributed by atoms with Crippen LogP contribution in [0.1, 0.15) is 24.0 Å². The largest absolute Gasteiger partial charge is 0.493 e. The Hall–Kier alpha value is -1.52. The molecule has 4 nitrogen and oxygen atoms in total. The number of rotatable bonds is 2. The maximum Gasteiger partial charge on any atom is 0.166 e. The minimum atomic E-state index is -0.00639. The zero-order chi connectivity index (χ0) is 15.8. The normalized spacial score (nSPS) is 37.0. The van der Waals surface area contributed by atoms with Gasteiger partial charge >= 0.3 is 0 Å². The fourth-order valence-corrected chi connectivity index (χ4v) is 5.45. The van der Waals surface area contributed by atoms with Gasteiger partial charge in [-0.05, 0) is 50.1 Å². The van der Waals surface area contributed by atoms with E-state index in [0.717, 1.165) is 37.3 Å². The Labute approximate surface area is 137 Å². The van der Waals surface area contributed by atoms with Crippen LogP contribution in [-0.4, -0.2) is 51.0 Å².